The first-order valence-corrected chi connectivity index (χ1v) is 5.45. The number of rotatable bonds is 3. The quantitative estimate of drug-likeness (QED) is 0.844. The van der Waals surface area contributed by atoms with Crippen molar-refractivity contribution in [2.75, 3.05) is 6.54 Å². The lowest BCUT2D eigenvalue weighted by Crippen LogP contribution is -2.47. The molecule has 0 aromatic heterocycles. The lowest BCUT2D eigenvalue weighted by molar-refractivity contribution is -0.0300. The SMILES string of the molecule is O=C(NCC1(O)CCC1)c1cc(F)cc(F)c1. The van der Waals surface area contributed by atoms with Gasteiger partial charge in [0.05, 0.1) is 5.60 Å². The molecule has 0 radical (unpaired) electrons. The number of carbonyl (C=O) groups is 1. The molecule has 0 saturated heterocycles. The molecule has 0 heterocycles. The molecule has 2 rings (SSSR count). The molecule has 0 atom stereocenters. The van der Waals surface area contributed by atoms with Gasteiger partial charge in [-0.3, -0.25) is 4.79 Å². The van der Waals surface area contributed by atoms with Crippen molar-refractivity contribution in [1.29, 1.82) is 0 Å². The number of benzene rings is 1. The van der Waals surface area contributed by atoms with Crippen LogP contribution >= 0.6 is 0 Å². The predicted octanol–water partition coefficient (Wildman–Crippen LogP) is 1.61. The fraction of sp³-hybridized carbons (Fsp3) is 0.417. The van der Waals surface area contributed by atoms with Gasteiger partial charge in [0.25, 0.3) is 5.91 Å². The Balaban J connectivity index is 1.99. The Kier molecular flexibility index (Phi) is 3.11. The van der Waals surface area contributed by atoms with Crippen LogP contribution in [0.5, 0.6) is 0 Å². The van der Waals surface area contributed by atoms with Crippen molar-refractivity contribution in [2.45, 2.75) is 24.9 Å². The number of nitrogens with one attached hydrogen (secondary N) is 1. The Labute approximate surface area is 97.5 Å². The van der Waals surface area contributed by atoms with E-state index >= 15 is 0 Å². The average molecular weight is 241 g/mol. The van der Waals surface area contributed by atoms with Crippen molar-refractivity contribution >= 4 is 5.91 Å². The molecule has 0 aliphatic heterocycles. The van der Waals surface area contributed by atoms with Gasteiger partial charge in [0.1, 0.15) is 11.6 Å². The van der Waals surface area contributed by atoms with Gasteiger partial charge in [0.2, 0.25) is 0 Å². The maximum absolute atomic E-state index is 12.9. The Hall–Kier alpha value is -1.49. The molecule has 1 aromatic rings. The lowest BCUT2D eigenvalue weighted by atomic mass is 9.80. The fourth-order valence-electron chi connectivity index (χ4n) is 1.79. The molecule has 1 fully saturated rings. The first-order chi connectivity index (χ1) is 7.98. The van der Waals surface area contributed by atoms with Crippen molar-refractivity contribution in [3.8, 4) is 0 Å². The minimum Gasteiger partial charge on any atom is -0.388 e. The van der Waals surface area contributed by atoms with Crippen molar-refractivity contribution in [3.63, 3.8) is 0 Å². The molecule has 17 heavy (non-hydrogen) atoms. The summed E-state index contributed by atoms with van der Waals surface area (Å²) in [6.07, 6.45) is 2.22. The van der Waals surface area contributed by atoms with Gasteiger partial charge >= 0.3 is 0 Å². The van der Waals surface area contributed by atoms with Gasteiger partial charge in [0.15, 0.2) is 0 Å². The molecule has 92 valence electrons. The third-order valence-electron chi connectivity index (χ3n) is 2.99. The Bertz CT molecular complexity index is 424. The first kappa shape index (κ1) is 12.0. The minimum absolute atomic E-state index is 0.0783. The van der Waals surface area contributed by atoms with Crippen LogP contribution in [0.4, 0.5) is 8.78 Å². The smallest absolute Gasteiger partial charge is 0.251 e. The van der Waals surface area contributed by atoms with E-state index in [9.17, 15) is 18.7 Å². The highest BCUT2D eigenvalue weighted by atomic mass is 19.1. The van der Waals surface area contributed by atoms with Crippen LogP contribution in [-0.2, 0) is 0 Å². The summed E-state index contributed by atoms with van der Waals surface area (Å²) in [6, 6.07) is 2.63. The number of carbonyl (C=O) groups excluding carboxylic acids is 1. The van der Waals surface area contributed by atoms with E-state index in [1.165, 1.54) is 0 Å². The van der Waals surface area contributed by atoms with Gasteiger partial charge in [-0.1, -0.05) is 0 Å². The van der Waals surface area contributed by atoms with E-state index in [4.69, 9.17) is 0 Å². The maximum atomic E-state index is 12.9. The van der Waals surface area contributed by atoms with Gasteiger partial charge in [0, 0.05) is 18.2 Å². The normalized spacial score (nSPS) is 17.4. The summed E-state index contributed by atoms with van der Waals surface area (Å²) in [4.78, 5) is 11.6. The zero-order chi connectivity index (χ0) is 12.5. The van der Waals surface area contributed by atoms with E-state index in [1.54, 1.807) is 0 Å². The molecular formula is C12H13F2NO2. The van der Waals surface area contributed by atoms with Crippen LogP contribution in [0.2, 0.25) is 0 Å². The van der Waals surface area contributed by atoms with E-state index in [0.717, 1.165) is 18.6 Å². The summed E-state index contributed by atoms with van der Waals surface area (Å²) in [5, 5.41) is 12.2. The van der Waals surface area contributed by atoms with Crippen molar-refractivity contribution in [3.05, 3.63) is 35.4 Å². The molecule has 1 aromatic carbocycles. The van der Waals surface area contributed by atoms with E-state index in [1.807, 2.05) is 0 Å². The highest BCUT2D eigenvalue weighted by Crippen LogP contribution is 2.30. The second kappa shape index (κ2) is 4.41. The van der Waals surface area contributed by atoms with Crippen LogP contribution in [0.3, 0.4) is 0 Å². The molecule has 0 spiro atoms. The summed E-state index contributed by atoms with van der Waals surface area (Å²) in [7, 11) is 0. The van der Waals surface area contributed by atoms with Crippen molar-refractivity contribution in [1.82, 2.24) is 5.32 Å². The van der Waals surface area contributed by atoms with Crippen LogP contribution in [0.1, 0.15) is 29.6 Å². The maximum Gasteiger partial charge on any atom is 0.251 e. The van der Waals surface area contributed by atoms with Crippen molar-refractivity contribution < 1.29 is 18.7 Å². The van der Waals surface area contributed by atoms with Crippen molar-refractivity contribution in [2.24, 2.45) is 0 Å². The summed E-state index contributed by atoms with van der Waals surface area (Å²) < 4.78 is 25.7. The third-order valence-corrected chi connectivity index (χ3v) is 2.99. The van der Waals surface area contributed by atoms with Gasteiger partial charge in [-0.15, -0.1) is 0 Å². The molecule has 1 amide bonds. The summed E-state index contributed by atoms with van der Waals surface area (Å²) in [5.41, 5.74) is -0.924. The topological polar surface area (TPSA) is 49.3 Å². The Morgan fingerprint density at radius 2 is 1.88 bits per heavy atom. The zero-order valence-electron chi connectivity index (χ0n) is 9.17. The second-order valence-corrected chi connectivity index (χ2v) is 4.42. The molecule has 1 aliphatic carbocycles. The van der Waals surface area contributed by atoms with Crippen LogP contribution in [0.15, 0.2) is 18.2 Å². The monoisotopic (exact) mass is 241 g/mol. The third kappa shape index (κ3) is 2.79. The molecule has 5 heteroatoms. The number of hydrogen-bond acceptors (Lipinski definition) is 2. The van der Waals surface area contributed by atoms with Crippen LogP contribution in [0, 0.1) is 11.6 Å². The molecule has 2 N–H and O–H groups in total. The van der Waals surface area contributed by atoms with Gasteiger partial charge in [-0.2, -0.15) is 0 Å². The fourth-order valence-corrected chi connectivity index (χ4v) is 1.79. The van der Waals surface area contributed by atoms with Crippen LogP contribution in [-0.4, -0.2) is 23.2 Å². The standard InChI is InChI=1S/C12H13F2NO2/c13-9-4-8(5-10(14)6-9)11(16)15-7-12(17)2-1-3-12/h4-6,17H,1-3,7H2,(H,15,16). The highest BCUT2D eigenvalue weighted by Gasteiger charge is 2.34. The predicted molar refractivity (Wildman–Crippen MR) is 57.5 cm³/mol. The zero-order valence-corrected chi connectivity index (χ0v) is 9.17. The molecule has 0 unspecified atom stereocenters. The van der Waals surface area contributed by atoms with Crippen LogP contribution in [0.25, 0.3) is 0 Å². The van der Waals surface area contributed by atoms with Gasteiger partial charge in [-0.25, -0.2) is 8.78 Å². The van der Waals surface area contributed by atoms with Gasteiger partial charge in [-0.05, 0) is 31.4 Å². The van der Waals surface area contributed by atoms with E-state index in [0.29, 0.717) is 18.9 Å². The minimum atomic E-state index is -0.846. The summed E-state index contributed by atoms with van der Waals surface area (Å²) in [6.45, 7) is 0.115. The Morgan fingerprint density at radius 3 is 2.35 bits per heavy atom. The average Bonchev–Trinajstić information content (AvgIpc) is 2.22. The van der Waals surface area contributed by atoms with Crippen LogP contribution < -0.4 is 5.32 Å². The molecule has 1 aliphatic rings. The number of aliphatic hydroxyl groups is 1. The summed E-state index contributed by atoms with van der Waals surface area (Å²) >= 11 is 0. The second-order valence-electron chi connectivity index (χ2n) is 4.42. The molecular weight excluding hydrogens is 228 g/mol. The first-order valence-electron chi connectivity index (χ1n) is 5.45. The van der Waals surface area contributed by atoms with Gasteiger partial charge < -0.3 is 10.4 Å². The summed E-state index contributed by atoms with van der Waals surface area (Å²) in [5.74, 6) is -2.17. The number of halogens is 2. The van der Waals surface area contributed by atoms with E-state index < -0.39 is 23.1 Å². The largest absolute Gasteiger partial charge is 0.388 e. The highest BCUT2D eigenvalue weighted by molar-refractivity contribution is 5.94. The molecule has 1 saturated carbocycles. The number of amides is 1. The van der Waals surface area contributed by atoms with E-state index in [-0.39, 0.29) is 12.1 Å². The lowest BCUT2D eigenvalue weighted by Gasteiger charge is -2.36. The number of hydrogen-bond donors (Lipinski definition) is 2. The molecule has 0 bridgehead atoms. The molecule has 3 nitrogen and oxygen atoms in total. The van der Waals surface area contributed by atoms with E-state index in [2.05, 4.69) is 5.32 Å². The Morgan fingerprint density at radius 1 is 1.29 bits per heavy atom.